The fourth-order valence-electron chi connectivity index (χ4n) is 1.54. The highest BCUT2D eigenvalue weighted by Gasteiger charge is 2.38. The van der Waals surface area contributed by atoms with Crippen LogP contribution in [0.15, 0.2) is 18.2 Å². The van der Waals surface area contributed by atoms with Gasteiger partial charge in [-0.15, -0.1) is 0 Å². The Labute approximate surface area is 119 Å². The van der Waals surface area contributed by atoms with E-state index in [0.717, 1.165) is 6.07 Å². The molecular weight excluding hydrogens is 323 g/mol. The molecule has 1 aromatic rings. The molecule has 0 atom stereocenters. The summed E-state index contributed by atoms with van der Waals surface area (Å²) in [6, 6.07) is 2.72. The number of alkyl halides is 6. The lowest BCUT2D eigenvalue weighted by atomic mass is 9.92. The van der Waals surface area contributed by atoms with Gasteiger partial charge in [-0.25, -0.2) is 9.18 Å². The number of aliphatic carboxylic acids is 1. The summed E-state index contributed by atoms with van der Waals surface area (Å²) in [6.07, 6.45) is -9.56. The minimum atomic E-state index is -5.08. The third-order valence-corrected chi connectivity index (χ3v) is 2.79. The Bertz CT molecular complexity index is 535. The number of nitrogens with one attached hydrogen (secondary N) is 1. The van der Waals surface area contributed by atoms with E-state index in [1.165, 1.54) is 6.07 Å². The number of hydrogen-bond acceptors (Lipinski definition) is 2. The summed E-state index contributed by atoms with van der Waals surface area (Å²) in [5.41, 5.74) is -0.571. The standard InChI is InChI=1S/C10H9F4N.C2HF3O2/c11-9-3-7(10(12,13)14)1-2-8(9)6-4-15-5-6;3-2(4,5)1(6)7/h1-3,6,15H,4-5H2;(H,6,7). The molecule has 2 N–H and O–H groups in total. The molecule has 1 aromatic carbocycles. The molecule has 22 heavy (non-hydrogen) atoms. The molecule has 0 bridgehead atoms. The molecule has 0 radical (unpaired) electrons. The van der Waals surface area contributed by atoms with Crippen molar-refractivity contribution in [2.45, 2.75) is 18.3 Å². The van der Waals surface area contributed by atoms with Crippen molar-refractivity contribution in [1.29, 1.82) is 0 Å². The Balaban J connectivity index is 0.000000295. The van der Waals surface area contributed by atoms with Gasteiger partial charge in [0.25, 0.3) is 0 Å². The Morgan fingerprint density at radius 3 is 1.91 bits per heavy atom. The number of hydrogen-bond donors (Lipinski definition) is 2. The van der Waals surface area contributed by atoms with Gasteiger partial charge in [0.2, 0.25) is 0 Å². The largest absolute Gasteiger partial charge is 0.490 e. The van der Waals surface area contributed by atoms with E-state index in [2.05, 4.69) is 5.32 Å². The maximum Gasteiger partial charge on any atom is 0.490 e. The molecule has 0 saturated carbocycles. The molecule has 0 spiro atoms. The summed E-state index contributed by atoms with van der Waals surface area (Å²) in [4.78, 5) is 8.90. The molecule has 0 amide bonds. The van der Waals surface area contributed by atoms with Crippen LogP contribution in [-0.4, -0.2) is 30.3 Å². The highest BCUT2D eigenvalue weighted by Crippen LogP contribution is 2.32. The molecule has 1 saturated heterocycles. The predicted octanol–water partition coefficient (Wildman–Crippen LogP) is 3.16. The van der Waals surface area contributed by atoms with Gasteiger partial charge in [-0.05, 0) is 17.7 Å². The average Bonchev–Trinajstić information content (AvgIpc) is 2.27. The zero-order chi connectivity index (χ0) is 17.1. The topological polar surface area (TPSA) is 49.3 Å². The molecule has 1 heterocycles. The Hall–Kier alpha value is -1.84. The second-order valence-corrected chi connectivity index (χ2v) is 4.39. The first-order valence-electron chi connectivity index (χ1n) is 5.80. The molecule has 0 aliphatic carbocycles. The van der Waals surface area contributed by atoms with Crippen molar-refractivity contribution in [2.24, 2.45) is 0 Å². The van der Waals surface area contributed by atoms with E-state index in [1.807, 2.05) is 0 Å². The van der Waals surface area contributed by atoms with E-state index in [-0.39, 0.29) is 5.92 Å². The Morgan fingerprint density at radius 1 is 1.14 bits per heavy atom. The van der Waals surface area contributed by atoms with E-state index in [9.17, 15) is 30.7 Å². The molecule has 1 aliphatic rings. The number of carbonyl (C=O) groups is 1. The number of rotatable bonds is 1. The van der Waals surface area contributed by atoms with Crippen molar-refractivity contribution in [1.82, 2.24) is 5.32 Å². The normalized spacial score (nSPS) is 15.6. The van der Waals surface area contributed by atoms with E-state index in [4.69, 9.17) is 9.90 Å². The van der Waals surface area contributed by atoms with Crippen molar-refractivity contribution in [3.05, 3.63) is 35.1 Å². The van der Waals surface area contributed by atoms with Crippen LogP contribution in [0.3, 0.4) is 0 Å². The van der Waals surface area contributed by atoms with Gasteiger partial charge < -0.3 is 10.4 Å². The first-order valence-corrected chi connectivity index (χ1v) is 5.80. The minimum Gasteiger partial charge on any atom is -0.475 e. The SMILES string of the molecule is Fc1cc(C(F)(F)F)ccc1C1CNC1.O=C(O)C(F)(F)F. The fourth-order valence-corrected chi connectivity index (χ4v) is 1.54. The number of carboxylic acids is 1. The summed E-state index contributed by atoms with van der Waals surface area (Å²) < 4.78 is 81.7. The van der Waals surface area contributed by atoms with Crippen LogP contribution in [-0.2, 0) is 11.0 Å². The molecule has 3 nitrogen and oxygen atoms in total. The maximum absolute atomic E-state index is 13.3. The lowest BCUT2D eigenvalue weighted by Gasteiger charge is -2.28. The van der Waals surface area contributed by atoms with Crippen LogP contribution in [0.1, 0.15) is 17.0 Å². The van der Waals surface area contributed by atoms with Crippen molar-refractivity contribution < 1.29 is 40.6 Å². The summed E-state index contributed by atoms with van der Waals surface area (Å²) in [5, 5.41) is 10.1. The van der Waals surface area contributed by atoms with Crippen molar-refractivity contribution in [3.8, 4) is 0 Å². The number of benzene rings is 1. The molecule has 0 aromatic heterocycles. The van der Waals surface area contributed by atoms with Crippen LogP contribution in [0.4, 0.5) is 30.7 Å². The van der Waals surface area contributed by atoms with Crippen LogP contribution >= 0.6 is 0 Å². The molecule has 1 fully saturated rings. The second-order valence-electron chi connectivity index (χ2n) is 4.39. The monoisotopic (exact) mass is 333 g/mol. The summed E-state index contributed by atoms with van der Waals surface area (Å²) >= 11 is 0. The van der Waals surface area contributed by atoms with Gasteiger partial charge >= 0.3 is 18.3 Å². The highest BCUT2D eigenvalue weighted by atomic mass is 19.4. The molecule has 124 valence electrons. The summed E-state index contributed by atoms with van der Waals surface area (Å²) in [5.74, 6) is -3.52. The van der Waals surface area contributed by atoms with Crippen molar-refractivity contribution in [3.63, 3.8) is 0 Å². The zero-order valence-electron chi connectivity index (χ0n) is 10.7. The van der Waals surface area contributed by atoms with Crippen LogP contribution in [0.25, 0.3) is 0 Å². The van der Waals surface area contributed by atoms with E-state index < -0.39 is 29.7 Å². The first-order chi connectivity index (χ1) is 9.93. The molecule has 10 heteroatoms. The van der Waals surface area contributed by atoms with Gasteiger partial charge in [0, 0.05) is 19.0 Å². The minimum absolute atomic E-state index is 0.00674. The van der Waals surface area contributed by atoms with Crippen molar-refractivity contribution >= 4 is 5.97 Å². The quantitative estimate of drug-likeness (QED) is 0.776. The smallest absolute Gasteiger partial charge is 0.475 e. The average molecular weight is 333 g/mol. The van der Waals surface area contributed by atoms with Crippen molar-refractivity contribution in [2.75, 3.05) is 13.1 Å². The third kappa shape index (κ3) is 4.86. The Morgan fingerprint density at radius 2 is 1.64 bits per heavy atom. The molecule has 2 rings (SSSR count). The summed E-state index contributed by atoms with van der Waals surface area (Å²) in [6.45, 7) is 1.25. The van der Waals surface area contributed by atoms with E-state index in [1.54, 1.807) is 0 Å². The maximum atomic E-state index is 13.3. The summed E-state index contributed by atoms with van der Waals surface area (Å²) in [7, 11) is 0. The second kappa shape index (κ2) is 6.51. The van der Waals surface area contributed by atoms with Gasteiger partial charge in [-0.2, -0.15) is 26.3 Å². The molecule has 0 unspecified atom stereocenters. The van der Waals surface area contributed by atoms with Gasteiger partial charge in [-0.1, -0.05) is 6.07 Å². The third-order valence-electron chi connectivity index (χ3n) is 2.79. The van der Waals surface area contributed by atoms with E-state index in [0.29, 0.717) is 24.7 Å². The van der Waals surface area contributed by atoms with Crippen LogP contribution in [0, 0.1) is 5.82 Å². The Kier molecular flexibility index (Phi) is 5.39. The van der Waals surface area contributed by atoms with Crippen LogP contribution in [0.2, 0.25) is 0 Å². The molecular formula is C12H10F7NO2. The van der Waals surface area contributed by atoms with Crippen LogP contribution in [0.5, 0.6) is 0 Å². The number of carboxylic acid groups (broad SMARTS) is 1. The van der Waals surface area contributed by atoms with Crippen LogP contribution < -0.4 is 5.32 Å². The van der Waals surface area contributed by atoms with Gasteiger partial charge in [0.1, 0.15) is 5.82 Å². The van der Waals surface area contributed by atoms with Gasteiger partial charge in [0.05, 0.1) is 5.56 Å². The zero-order valence-corrected chi connectivity index (χ0v) is 10.7. The first kappa shape index (κ1) is 18.2. The lowest BCUT2D eigenvalue weighted by Crippen LogP contribution is -2.40. The fraction of sp³-hybridized carbons (Fsp3) is 0.417. The molecule has 1 aliphatic heterocycles. The predicted molar refractivity (Wildman–Crippen MR) is 60.7 cm³/mol. The van der Waals surface area contributed by atoms with E-state index >= 15 is 0 Å². The van der Waals surface area contributed by atoms with Gasteiger partial charge in [-0.3, -0.25) is 0 Å². The lowest BCUT2D eigenvalue weighted by molar-refractivity contribution is -0.192. The van der Waals surface area contributed by atoms with Gasteiger partial charge in [0.15, 0.2) is 0 Å². The highest BCUT2D eigenvalue weighted by molar-refractivity contribution is 5.73. The number of halogens is 7.